The first-order valence-electron chi connectivity index (χ1n) is 6.21. The number of allylic oxidation sites excluding steroid dienone is 6. The molecule has 0 radical (unpaired) electrons. The Kier molecular flexibility index (Phi) is 14.2. The summed E-state index contributed by atoms with van der Waals surface area (Å²) in [6.45, 7) is 17.7. The fraction of sp³-hybridized carbons (Fsp3) is 0.375. The molecule has 0 N–H and O–H groups in total. The van der Waals surface area contributed by atoms with E-state index in [1.54, 1.807) is 11.8 Å². The molecule has 0 atom stereocenters. The van der Waals surface area contributed by atoms with Gasteiger partial charge in [-0.15, -0.1) is 11.8 Å². The molecule has 0 aromatic rings. The van der Waals surface area contributed by atoms with Crippen molar-refractivity contribution in [3.63, 3.8) is 0 Å². The smallest absolute Gasteiger partial charge is 0.0226 e. The lowest BCUT2D eigenvalue weighted by Crippen LogP contribution is -1.91. The molecule has 0 bridgehead atoms. The molecule has 0 saturated heterocycles. The molecule has 0 spiro atoms. The molecule has 1 heteroatoms. The number of thioether (sulfide) groups is 1. The zero-order chi connectivity index (χ0) is 13.7. The maximum Gasteiger partial charge on any atom is 0.0226 e. The third-order valence-corrected chi connectivity index (χ3v) is 2.70. The van der Waals surface area contributed by atoms with Crippen molar-refractivity contribution in [2.45, 2.75) is 34.6 Å². The minimum Gasteiger partial charge on any atom is -0.129 e. The molecule has 1 heterocycles. The van der Waals surface area contributed by atoms with E-state index in [0.29, 0.717) is 0 Å². The van der Waals surface area contributed by atoms with Crippen molar-refractivity contribution in [3.05, 3.63) is 59.6 Å². The summed E-state index contributed by atoms with van der Waals surface area (Å²) >= 11 is 1.78. The van der Waals surface area contributed by atoms with Crippen molar-refractivity contribution in [2.24, 2.45) is 0 Å². The van der Waals surface area contributed by atoms with Gasteiger partial charge < -0.3 is 0 Å². The number of hydrogen-bond donors (Lipinski definition) is 0. The van der Waals surface area contributed by atoms with Crippen LogP contribution in [0.1, 0.15) is 34.6 Å². The Morgan fingerprint density at radius 1 is 1.29 bits per heavy atom. The Bertz CT molecular complexity index is 303. The van der Waals surface area contributed by atoms with E-state index in [4.69, 9.17) is 0 Å². The minimum atomic E-state index is 1.00. The maximum atomic E-state index is 4.00. The highest BCUT2D eigenvalue weighted by Crippen LogP contribution is 2.23. The van der Waals surface area contributed by atoms with Gasteiger partial charge in [-0.1, -0.05) is 64.7 Å². The first-order chi connectivity index (χ1) is 8.24. The molecule has 0 saturated carbocycles. The van der Waals surface area contributed by atoms with E-state index in [1.807, 2.05) is 40.7 Å². The predicted octanol–water partition coefficient (Wildman–Crippen LogP) is 5.91. The fourth-order valence-electron chi connectivity index (χ4n) is 0.934. The van der Waals surface area contributed by atoms with Crippen LogP contribution in [-0.4, -0.2) is 5.75 Å². The van der Waals surface area contributed by atoms with Crippen LogP contribution in [0.5, 0.6) is 0 Å². The van der Waals surface area contributed by atoms with Gasteiger partial charge in [-0.25, -0.2) is 0 Å². The Labute approximate surface area is 112 Å². The number of rotatable bonds is 2. The van der Waals surface area contributed by atoms with Crippen molar-refractivity contribution in [1.29, 1.82) is 0 Å². The van der Waals surface area contributed by atoms with Crippen molar-refractivity contribution in [2.75, 3.05) is 5.75 Å². The summed E-state index contributed by atoms with van der Waals surface area (Å²) in [5.41, 5.74) is 3.59. The Morgan fingerprint density at radius 3 is 2.35 bits per heavy atom. The van der Waals surface area contributed by atoms with Gasteiger partial charge in [0, 0.05) is 5.75 Å². The Morgan fingerprint density at radius 2 is 1.88 bits per heavy atom. The van der Waals surface area contributed by atoms with Gasteiger partial charge >= 0.3 is 0 Å². The van der Waals surface area contributed by atoms with Crippen LogP contribution in [-0.2, 0) is 0 Å². The standard InChI is InChI=1S/C12H14S.2C2H6/c1-4-10(2)5-6-12-7-8-13-9-11(12)3;2*1-2/h4-8H,1,3,9H2,2H3;2*1-2H3/b10-5-,12-6-;;. The molecule has 96 valence electrons. The van der Waals surface area contributed by atoms with Gasteiger partial charge in [0.05, 0.1) is 0 Å². The monoisotopic (exact) mass is 250 g/mol. The van der Waals surface area contributed by atoms with Crippen molar-refractivity contribution < 1.29 is 0 Å². The summed E-state index contributed by atoms with van der Waals surface area (Å²) in [6, 6.07) is 0. The lowest BCUT2D eigenvalue weighted by atomic mass is 10.1. The molecule has 1 rings (SSSR count). The zero-order valence-corrected chi connectivity index (χ0v) is 12.7. The quantitative estimate of drug-likeness (QED) is 0.549. The molecular weight excluding hydrogens is 224 g/mol. The van der Waals surface area contributed by atoms with Gasteiger partial charge in [-0.3, -0.25) is 0 Å². The highest BCUT2D eigenvalue weighted by atomic mass is 32.2. The van der Waals surface area contributed by atoms with Gasteiger partial charge in [0.1, 0.15) is 0 Å². The number of hydrogen-bond acceptors (Lipinski definition) is 1. The van der Waals surface area contributed by atoms with E-state index >= 15 is 0 Å². The van der Waals surface area contributed by atoms with Crippen LogP contribution in [0.3, 0.4) is 0 Å². The zero-order valence-electron chi connectivity index (χ0n) is 11.9. The molecule has 0 aliphatic carbocycles. The first-order valence-corrected chi connectivity index (χ1v) is 7.26. The second-order valence-electron chi connectivity index (χ2n) is 2.95. The SMILES string of the molecule is C=C/C(C)=C\C=C1\C=CSCC1=C.CC.CC. The van der Waals surface area contributed by atoms with Gasteiger partial charge in [0.15, 0.2) is 0 Å². The van der Waals surface area contributed by atoms with E-state index in [2.05, 4.69) is 36.8 Å². The summed E-state index contributed by atoms with van der Waals surface area (Å²) in [7, 11) is 0. The van der Waals surface area contributed by atoms with Crippen molar-refractivity contribution in [3.8, 4) is 0 Å². The van der Waals surface area contributed by atoms with Crippen LogP contribution in [0.15, 0.2) is 59.6 Å². The average molecular weight is 250 g/mol. The summed E-state index contributed by atoms with van der Waals surface area (Å²) in [5.74, 6) is 1.00. The molecule has 0 aromatic carbocycles. The Balaban J connectivity index is 0. The topological polar surface area (TPSA) is 0 Å². The summed E-state index contributed by atoms with van der Waals surface area (Å²) in [4.78, 5) is 0. The molecule has 1 aliphatic heterocycles. The predicted molar refractivity (Wildman–Crippen MR) is 85.5 cm³/mol. The van der Waals surface area contributed by atoms with Crippen LogP contribution in [0.4, 0.5) is 0 Å². The average Bonchev–Trinajstić information content (AvgIpc) is 2.42. The molecule has 0 nitrogen and oxygen atoms in total. The minimum absolute atomic E-state index is 1.00. The normalized spacial score (nSPS) is 16.6. The molecule has 0 aromatic heterocycles. The maximum absolute atomic E-state index is 4.00. The van der Waals surface area contributed by atoms with Crippen molar-refractivity contribution >= 4 is 11.8 Å². The van der Waals surface area contributed by atoms with Crippen LogP contribution >= 0.6 is 11.8 Å². The molecule has 0 fully saturated rings. The van der Waals surface area contributed by atoms with Gasteiger partial charge in [0.2, 0.25) is 0 Å². The van der Waals surface area contributed by atoms with Gasteiger partial charge in [-0.05, 0) is 29.6 Å². The lowest BCUT2D eigenvalue weighted by molar-refractivity contribution is 1.44. The van der Waals surface area contributed by atoms with Crippen LogP contribution < -0.4 is 0 Å². The molecular formula is C16H26S. The van der Waals surface area contributed by atoms with Crippen LogP contribution in [0, 0.1) is 0 Å². The lowest BCUT2D eigenvalue weighted by Gasteiger charge is -2.09. The Hall–Kier alpha value is -0.950. The highest BCUT2D eigenvalue weighted by molar-refractivity contribution is 8.02. The third kappa shape index (κ3) is 8.82. The van der Waals surface area contributed by atoms with E-state index in [-0.39, 0.29) is 0 Å². The highest BCUT2D eigenvalue weighted by Gasteiger charge is 2.02. The molecule has 0 unspecified atom stereocenters. The molecule has 0 amide bonds. The van der Waals surface area contributed by atoms with Crippen LogP contribution in [0.2, 0.25) is 0 Å². The largest absolute Gasteiger partial charge is 0.129 e. The second-order valence-corrected chi connectivity index (χ2v) is 3.85. The summed E-state index contributed by atoms with van der Waals surface area (Å²) in [6.07, 6.45) is 8.11. The van der Waals surface area contributed by atoms with E-state index < -0.39 is 0 Å². The first kappa shape index (κ1) is 18.4. The third-order valence-electron chi connectivity index (χ3n) is 1.86. The van der Waals surface area contributed by atoms with Crippen molar-refractivity contribution in [1.82, 2.24) is 0 Å². The van der Waals surface area contributed by atoms with Gasteiger partial charge in [0.25, 0.3) is 0 Å². The van der Waals surface area contributed by atoms with E-state index in [9.17, 15) is 0 Å². The summed E-state index contributed by atoms with van der Waals surface area (Å²) in [5, 5.41) is 2.11. The summed E-state index contributed by atoms with van der Waals surface area (Å²) < 4.78 is 0. The molecule has 1 aliphatic rings. The van der Waals surface area contributed by atoms with E-state index in [1.165, 1.54) is 16.7 Å². The fourth-order valence-corrected chi connectivity index (χ4v) is 1.64. The van der Waals surface area contributed by atoms with Crippen LogP contribution in [0.25, 0.3) is 0 Å². The van der Waals surface area contributed by atoms with Gasteiger partial charge in [-0.2, -0.15) is 0 Å². The molecule has 17 heavy (non-hydrogen) atoms. The van der Waals surface area contributed by atoms with E-state index in [0.717, 1.165) is 5.75 Å². The second kappa shape index (κ2) is 13.1.